The SMILES string of the molecule is CN1Cc2ccccc2C(c2cc3nccn3cn2)C1. The Labute approximate surface area is 117 Å². The second kappa shape index (κ2) is 4.42. The van der Waals surface area contributed by atoms with Gasteiger partial charge in [-0.3, -0.25) is 4.40 Å². The van der Waals surface area contributed by atoms with Crippen LogP contribution in [0.15, 0.2) is 49.1 Å². The molecule has 4 heteroatoms. The van der Waals surface area contributed by atoms with Crippen molar-refractivity contribution >= 4 is 5.65 Å². The molecule has 1 atom stereocenters. The fourth-order valence-electron chi connectivity index (χ4n) is 3.06. The smallest absolute Gasteiger partial charge is 0.139 e. The first-order valence-electron chi connectivity index (χ1n) is 6.86. The van der Waals surface area contributed by atoms with Gasteiger partial charge in [0, 0.05) is 37.5 Å². The number of aromatic nitrogens is 3. The lowest BCUT2D eigenvalue weighted by atomic mass is 9.87. The Kier molecular flexibility index (Phi) is 2.57. The normalized spacial score (nSPS) is 19.1. The number of benzene rings is 1. The Morgan fingerprint density at radius 2 is 2.10 bits per heavy atom. The summed E-state index contributed by atoms with van der Waals surface area (Å²) in [6.07, 6.45) is 5.59. The first kappa shape index (κ1) is 11.6. The van der Waals surface area contributed by atoms with Crippen molar-refractivity contribution < 1.29 is 0 Å². The molecular weight excluding hydrogens is 248 g/mol. The number of hydrogen-bond donors (Lipinski definition) is 0. The van der Waals surface area contributed by atoms with E-state index in [1.54, 1.807) is 0 Å². The number of imidazole rings is 1. The van der Waals surface area contributed by atoms with Gasteiger partial charge in [0.15, 0.2) is 0 Å². The average molecular weight is 264 g/mol. The molecule has 4 nitrogen and oxygen atoms in total. The number of rotatable bonds is 1. The highest BCUT2D eigenvalue weighted by Gasteiger charge is 2.25. The molecule has 0 fully saturated rings. The average Bonchev–Trinajstić information content (AvgIpc) is 2.93. The molecule has 0 saturated heterocycles. The van der Waals surface area contributed by atoms with Crippen LogP contribution in [0.3, 0.4) is 0 Å². The highest BCUT2D eigenvalue weighted by molar-refractivity contribution is 5.44. The lowest BCUT2D eigenvalue weighted by Gasteiger charge is -2.31. The Morgan fingerprint density at radius 1 is 1.20 bits per heavy atom. The molecule has 1 unspecified atom stereocenters. The van der Waals surface area contributed by atoms with E-state index in [1.165, 1.54) is 11.1 Å². The van der Waals surface area contributed by atoms with E-state index in [-0.39, 0.29) is 0 Å². The summed E-state index contributed by atoms with van der Waals surface area (Å²) < 4.78 is 1.95. The van der Waals surface area contributed by atoms with E-state index in [0.29, 0.717) is 5.92 Å². The molecule has 20 heavy (non-hydrogen) atoms. The maximum atomic E-state index is 4.63. The summed E-state index contributed by atoms with van der Waals surface area (Å²) in [5, 5.41) is 0. The molecule has 0 amide bonds. The van der Waals surface area contributed by atoms with Gasteiger partial charge in [0.05, 0.1) is 5.69 Å². The van der Waals surface area contributed by atoms with Crippen LogP contribution in [0.25, 0.3) is 5.65 Å². The van der Waals surface area contributed by atoms with Crippen LogP contribution in [0, 0.1) is 0 Å². The van der Waals surface area contributed by atoms with Gasteiger partial charge in [-0.2, -0.15) is 0 Å². The van der Waals surface area contributed by atoms with Gasteiger partial charge in [0.1, 0.15) is 12.0 Å². The van der Waals surface area contributed by atoms with Crippen LogP contribution >= 0.6 is 0 Å². The molecule has 2 aromatic heterocycles. The van der Waals surface area contributed by atoms with Crippen molar-refractivity contribution in [1.82, 2.24) is 19.3 Å². The van der Waals surface area contributed by atoms with Crippen LogP contribution in [0.4, 0.5) is 0 Å². The molecule has 1 aromatic carbocycles. The van der Waals surface area contributed by atoms with Crippen molar-refractivity contribution in [1.29, 1.82) is 0 Å². The summed E-state index contributed by atoms with van der Waals surface area (Å²) in [6, 6.07) is 10.8. The van der Waals surface area contributed by atoms with Gasteiger partial charge in [-0.15, -0.1) is 0 Å². The van der Waals surface area contributed by atoms with Crippen molar-refractivity contribution in [3.8, 4) is 0 Å². The summed E-state index contributed by atoms with van der Waals surface area (Å²) in [5.41, 5.74) is 4.86. The molecule has 1 aliphatic rings. The molecular formula is C16H16N4. The molecule has 0 radical (unpaired) electrons. The zero-order valence-electron chi connectivity index (χ0n) is 11.4. The van der Waals surface area contributed by atoms with Gasteiger partial charge < -0.3 is 4.90 Å². The van der Waals surface area contributed by atoms with E-state index >= 15 is 0 Å². The third-order valence-corrected chi connectivity index (χ3v) is 4.03. The van der Waals surface area contributed by atoms with Crippen LogP contribution in [0.5, 0.6) is 0 Å². The molecule has 0 bridgehead atoms. The van der Waals surface area contributed by atoms with Gasteiger partial charge in [0.2, 0.25) is 0 Å². The van der Waals surface area contributed by atoms with Crippen molar-refractivity contribution in [3.63, 3.8) is 0 Å². The number of hydrogen-bond acceptors (Lipinski definition) is 3. The zero-order valence-corrected chi connectivity index (χ0v) is 11.4. The number of fused-ring (bicyclic) bond motifs is 2. The summed E-state index contributed by atoms with van der Waals surface area (Å²) in [7, 11) is 2.16. The van der Waals surface area contributed by atoms with E-state index in [2.05, 4.69) is 52.2 Å². The monoisotopic (exact) mass is 264 g/mol. The van der Waals surface area contributed by atoms with Crippen LogP contribution < -0.4 is 0 Å². The largest absolute Gasteiger partial charge is 0.301 e. The molecule has 1 aliphatic heterocycles. The first-order chi connectivity index (χ1) is 9.81. The highest BCUT2D eigenvalue weighted by atomic mass is 15.1. The van der Waals surface area contributed by atoms with Gasteiger partial charge in [0.25, 0.3) is 0 Å². The number of likely N-dealkylation sites (N-methyl/N-ethyl adjacent to an activating group) is 1. The lowest BCUT2D eigenvalue weighted by Crippen LogP contribution is -2.31. The lowest BCUT2D eigenvalue weighted by molar-refractivity contribution is 0.293. The highest BCUT2D eigenvalue weighted by Crippen LogP contribution is 2.31. The van der Waals surface area contributed by atoms with Crippen molar-refractivity contribution in [2.45, 2.75) is 12.5 Å². The van der Waals surface area contributed by atoms with E-state index in [4.69, 9.17) is 0 Å². The summed E-state index contributed by atoms with van der Waals surface area (Å²) in [4.78, 5) is 11.3. The second-order valence-electron chi connectivity index (χ2n) is 5.45. The molecule has 4 rings (SSSR count). The Hall–Kier alpha value is -2.20. The number of nitrogens with zero attached hydrogens (tertiary/aromatic N) is 4. The predicted octanol–water partition coefficient (Wildman–Crippen LogP) is 2.31. The van der Waals surface area contributed by atoms with Crippen molar-refractivity contribution in [2.75, 3.05) is 13.6 Å². The van der Waals surface area contributed by atoms with Crippen LogP contribution in [-0.2, 0) is 6.54 Å². The standard InChI is InChI=1S/C16H16N4/c1-19-9-12-4-2-3-5-13(12)14(10-19)15-8-16-17-6-7-20(16)11-18-15/h2-8,11,14H,9-10H2,1H3. The maximum absolute atomic E-state index is 4.63. The fraction of sp³-hybridized carbons (Fsp3) is 0.250. The minimum absolute atomic E-state index is 0.326. The fourth-order valence-corrected chi connectivity index (χ4v) is 3.06. The topological polar surface area (TPSA) is 33.4 Å². The van der Waals surface area contributed by atoms with Crippen molar-refractivity contribution in [2.24, 2.45) is 0 Å². The molecule has 0 N–H and O–H groups in total. The molecule has 3 heterocycles. The van der Waals surface area contributed by atoms with E-state index in [1.807, 2.05) is 23.1 Å². The summed E-state index contributed by atoms with van der Waals surface area (Å²) in [6.45, 7) is 2.01. The van der Waals surface area contributed by atoms with Gasteiger partial charge in [-0.05, 0) is 18.2 Å². The van der Waals surface area contributed by atoms with Gasteiger partial charge in [-0.1, -0.05) is 24.3 Å². The van der Waals surface area contributed by atoms with Crippen LogP contribution in [0.2, 0.25) is 0 Å². The Balaban J connectivity index is 1.84. The zero-order chi connectivity index (χ0) is 13.5. The summed E-state index contributed by atoms with van der Waals surface area (Å²) in [5.74, 6) is 0.326. The minimum Gasteiger partial charge on any atom is -0.301 e. The van der Waals surface area contributed by atoms with Gasteiger partial charge in [-0.25, -0.2) is 9.97 Å². The Morgan fingerprint density at radius 3 is 3.05 bits per heavy atom. The van der Waals surface area contributed by atoms with Crippen LogP contribution in [-0.4, -0.2) is 32.9 Å². The quantitative estimate of drug-likeness (QED) is 0.676. The molecule has 0 spiro atoms. The van der Waals surface area contributed by atoms with Gasteiger partial charge >= 0.3 is 0 Å². The molecule has 0 aliphatic carbocycles. The first-order valence-corrected chi connectivity index (χ1v) is 6.86. The van der Waals surface area contributed by atoms with E-state index < -0.39 is 0 Å². The molecule has 0 saturated carbocycles. The van der Waals surface area contributed by atoms with Crippen LogP contribution in [0.1, 0.15) is 22.7 Å². The molecule has 100 valence electrons. The Bertz CT molecular complexity index is 762. The van der Waals surface area contributed by atoms with Crippen molar-refractivity contribution in [3.05, 3.63) is 65.9 Å². The predicted molar refractivity (Wildman–Crippen MR) is 77.6 cm³/mol. The maximum Gasteiger partial charge on any atom is 0.139 e. The van der Waals surface area contributed by atoms with E-state index in [0.717, 1.165) is 24.4 Å². The minimum atomic E-state index is 0.326. The van der Waals surface area contributed by atoms with E-state index in [9.17, 15) is 0 Å². The summed E-state index contributed by atoms with van der Waals surface area (Å²) >= 11 is 0. The third kappa shape index (κ3) is 1.80. The molecule has 3 aromatic rings. The third-order valence-electron chi connectivity index (χ3n) is 4.03. The second-order valence-corrected chi connectivity index (χ2v) is 5.45.